The molecule has 2 aliphatic heterocycles. The number of rotatable bonds is 3. The van der Waals surface area contributed by atoms with Gasteiger partial charge in [0.05, 0.1) is 5.41 Å². The Morgan fingerprint density at radius 2 is 1.83 bits per heavy atom. The molecular formula is C18H30N2O3. The summed E-state index contributed by atoms with van der Waals surface area (Å²) in [4.78, 5) is 28.9. The highest BCUT2D eigenvalue weighted by molar-refractivity contribution is 5.87. The summed E-state index contributed by atoms with van der Waals surface area (Å²) in [6, 6.07) is 0. The molecule has 0 radical (unpaired) electrons. The van der Waals surface area contributed by atoms with Crippen molar-refractivity contribution in [1.82, 2.24) is 9.80 Å². The van der Waals surface area contributed by atoms with Crippen molar-refractivity contribution in [3.8, 4) is 0 Å². The first kappa shape index (κ1) is 17.8. The molecule has 0 aromatic heterocycles. The van der Waals surface area contributed by atoms with Gasteiger partial charge in [0.1, 0.15) is 5.60 Å². The highest BCUT2D eigenvalue weighted by Crippen LogP contribution is 2.37. The van der Waals surface area contributed by atoms with E-state index in [2.05, 4.69) is 13.8 Å². The molecule has 0 saturated carbocycles. The van der Waals surface area contributed by atoms with Crippen LogP contribution in [0.4, 0.5) is 4.79 Å². The predicted molar refractivity (Wildman–Crippen MR) is 89.8 cm³/mol. The normalized spacial score (nSPS) is 24.6. The number of carbonyl (C=O) groups excluding carboxylic acids is 2. The molecule has 1 atom stereocenters. The van der Waals surface area contributed by atoms with Crippen LogP contribution in [0.2, 0.25) is 0 Å². The lowest BCUT2D eigenvalue weighted by Crippen LogP contribution is -2.46. The van der Waals surface area contributed by atoms with Gasteiger partial charge in [-0.3, -0.25) is 9.69 Å². The Morgan fingerprint density at radius 1 is 1.22 bits per heavy atom. The second kappa shape index (κ2) is 6.54. The van der Waals surface area contributed by atoms with Crippen molar-refractivity contribution in [3.05, 3.63) is 12.3 Å². The third kappa shape index (κ3) is 4.27. The molecule has 0 bridgehead atoms. The number of nitrogens with zero attached hydrogens (tertiary/aromatic N) is 2. The van der Waals surface area contributed by atoms with Crippen molar-refractivity contribution < 1.29 is 14.3 Å². The second-order valence-corrected chi connectivity index (χ2v) is 8.18. The monoisotopic (exact) mass is 322 g/mol. The smallest absolute Gasteiger partial charge is 0.414 e. The Bertz CT molecular complexity index is 487. The van der Waals surface area contributed by atoms with Gasteiger partial charge in [0.15, 0.2) is 0 Å². The third-order valence-corrected chi connectivity index (χ3v) is 4.25. The van der Waals surface area contributed by atoms with Crippen LogP contribution in [0, 0.1) is 11.3 Å². The zero-order chi connectivity index (χ0) is 17.3. The molecule has 0 aromatic carbocycles. The van der Waals surface area contributed by atoms with Gasteiger partial charge in [-0.05, 0) is 46.0 Å². The number of hydrogen-bond donors (Lipinski definition) is 0. The van der Waals surface area contributed by atoms with Crippen LogP contribution in [0.25, 0.3) is 0 Å². The lowest BCUT2D eigenvalue weighted by atomic mass is 9.79. The average Bonchev–Trinajstić information content (AvgIpc) is 3.04. The van der Waals surface area contributed by atoms with Gasteiger partial charge in [-0.15, -0.1) is 0 Å². The number of hydrogen-bond acceptors (Lipinski definition) is 3. The maximum atomic E-state index is 13.1. The molecule has 5 heteroatoms. The molecule has 2 aliphatic rings. The zero-order valence-corrected chi connectivity index (χ0v) is 15.1. The SMILES string of the molecule is CC(C)C[C@]1(C(=O)N2CCCC2)C=CN(C(=O)OC(C)(C)C)C1. The molecule has 2 amide bonds. The second-order valence-electron chi connectivity index (χ2n) is 8.18. The Labute approximate surface area is 139 Å². The topological polar surface area (TPSA) is 49.9 Å². The van der Waals surface area contributed by atoms with Crippen LogP contribution in [-0.2, 0) is 9.53 Å². The lowest BCUT2D eigenvalue weighted by Gasteiger charge is -2.33. The van der Waals surface area contributed by atoms with Crippen molar-refractivity contribution in [1.29, 1.82) is 0 Å². The van der Waals surface area contributed by atoms with E-state index in [9.17, 15) is 9.59 Å². The summed E-state index contributed by atoms with van der Waals surface area (Å²) < 4.78 is 5.44. The number of likely N-dealkylation sites (tertiary alicyclic amines) is 1. The largest absolute Gasteiger partial charge is 0.443 e. The maximum absolute atomic E-state index is 13.1. The van der Waals surface area contributed by atoms with Gasteiger partial charge in [-0.25, -0.2) is 4.79 Å². The Kier molecular flexibility index (Phi) is 5.07. The fraction of sp³-hybridized carbons (Fsp3) is 0.778. The fourth-order valence-corrected chi connectivity index (χ4v) is 3.41. The van der Waals surface area contributed by atoms with Crippen LogP contribution in [-0.4, -0.2) is 47.0 Å². The van der Waals surface area contributed by atoms with Crippen molar-refractivity contribution in [2.45, 2.75) is 59.5 Å². The van der Waals surface area contributed by atoms with Crippen molar-refractivity contribution in [2.24, 2.45) is 11.3 Å². The molecule has 5 nitrogen and oxygen atoms in total. The Morgan fingerprint density at radius 3 is 2.35 bits per heavy atom. The summed E-state index contributed by atoms with van der Waals surface area (Å²) in [5, 5.41) is 0. The molecule has 0 aliphatic carbocycles. The summed E-state index contributed by atoms with van der Waals surface area (Å²) >= 11 is 0. The lowest BCUT2D eigenvalue weighted by molar-refractivity contribution is -0.139. The van der Waals surface area contributed by atoms with E-state index in [1.54, 1.807) is 11.1 Å². The van der Waals surface area contributed by atoms with E-state index in [-0.39, 0.29) is 12.0 Å². The minimum absolute atomic E-state index is 0.158. The van der Waals surface area contributed by atoms with Crippen LogP contribution >= 0.6 is 0 Å². The molecule has 130 valence electrons. The first-order chi connectivity index (χ1) is 10.6. The third-order valence-electron chi connectivity index (χ3n) is 4.25. The van der Waals surface area contributed by atoms with Crippen molar-refractivity contribution in [3.63, 3.8) is 0 Å². The molecule has 23 heavy (non-hydrogen) atoms. The maximum Gasteiger partial charge on any atom is 0.414 e. The van der Waals surface area contributed by atoms with E-state index in [0.29, 0.717) is 12.5 Å². The highest BCUT2D eigenvalue weighted by atomic mass is 16.6. The predicted octanol–water partition coefficient (Wildman–Crippen LogP) is 3.41. The summed E-state index contributed by atoms with van der Waals surface area (Å²) in [7, 11) is 0. The van der Waals surface area contributed by atoms with Crippen LogP contribution in [0.15, 0.2) is 12.3 Å². The molecule has 0 N–H and O–H groups in total. The van der Waals surface area contributed by atoms with Crippen LogP contribution in [0.3, 0.4) is 0 Å². The Hall–Kier alpha value is -1.52. The van der Waals surface area contributed by atoms with Gasteiger partial charge in [0, 0.05) is 25.8 Å². The molecule has 0 spiro atoms. The standard InChI is InChI=1S/C18H30N2O3/c1-14(2)12-18(15(21)19-9-6-7-10-19)8-11-20(13-18)16(22)23-17(3,4)5/h8,11,14H,6-7,9-10,12-13H2,1-5H3/t18-/m1/s1. The summed E-state index contributed by atoms with van der Waals surface area (Å²) in [6.07, 6.45) is 6.15. The highest BCUT2D eigenvalue weighted by Gasteiger charge is 2.46. The van der Waals surface area contributed by atoms with Gasteiger partial charge < -0.3 is 9.64 Å². The van der Waals surface area contributed by atoms with E-state index in [1.165, 1.54) is 0 Å². The van der Waals surface area contributed by atoms with E-state index >= 15 is 0 Å². The van der Waals surface area contributed by atoms with Gasteiger partial charge in [-0.1, -0.05) is 19.9 Å². The van der Waals surface area contributed by atoms with E-state index in [1.807, 2.05) is 31.7 Å². The zero-order valence-electron chi connectivity index (χ0n) is 15.1. The summed E-state index contributed by atoms with van der Waals surface area (Å²) in [5.74, 6) is 0.538. The molecule has 2 heterocycles. The minimum atomic E-state index is -0.602. The Balaban J connectivity index is 2.13. The molecule has 0 unspecified atom stereocenters. The first-order valence-corrected chi connectivity index (χ1v) is 8.61. The number of carbonyl (C=O) groups is 2. The molecule has 2 rings (SSSR count). The number of amides is 2. The van der Waals surface area contributed by atoms with E-state index in [0.717, 1.165) is 32.4 Å². The van der Waals surface area contributed by atoms with Crippen LogP contribution in [0.5, 0.6) is 0 Å². The average molecular weight is 322 g/mol. The number of ether oxygens (including phenoxy) is 1. The van der Waals surface area contributed by atoms with Crippen molar-refractivity contribution in [2.75, 3.05) is 19.6 Å². The summed E-state index contributed by atoms with van der Waals surface area (Å²) in [5.41, 5.74) is -1.14. The van der Waals surface area contributed by atoms with E-state index in [4.69, 9.17) is 4.74 Å². The minimum Gasteiger partial charge on any atom is -0.443 e. The van der Waals surface area contributed by atoms with E-state index < -0.39 is 11.0 Å². The molecule has 1 saturated heterocycles. The quantitative estimate of drug-likeness (QED) is 0.800. The van der Waals surface area contributed by atoms with Gasteiger partial charge in [0.2, 0.25) is 5.91 Å². The van der Waals surface area contributed by atoms with Gasteiger partial charge in [-0.2, -0.15) is 0 Å². The first-order valence-electron chi connectivity index (χ1n) is 8.61. The molecule has 0 aromatic rings. The van der Waals surface area contributed by atoms with Crippen molar-refractivity contribution >= 4 is 12.0 Å². The van der Waals surface area contributed by atoms with Crippen LogP contribution in [0.1, 0.15) is 53.9 Å². The summed E-state index contributed by atoms with van der Waals surface area (Å²) in [6.45, 7) is 11.8. The fourth-order valence-electron chi connectivity index (χ4n) is 3.41. The van der Waals surface area contributed by atoms with Gasteiger partial charge in [0.25, 0.3) is 0 Å². The molecular weight excluding hydrogens is 292 g/mol. The molecule has 1 fully saturated rings. The van der Waals surface area contributed by atoms with Gasteiger partial charge >= 0.3 is 6.09 Å². The van der Waals surface area contributed by atoms with Crippen LogP contribution < -0.4 is 0 Å².